The van der Waals surface area contributed by atoms with E-state index >= 15 is 0 Å². The average molecular weight is 192 g/mol. The van der Waals surface area contributed by atoms with Gasteiger partial charge in [0.05, 0.1) is 6.10 Å². The maximum Gasteiger partial charge on any atom is 0.0517 e. The molecular formula is C13H20O. The molecule has 0 bridgehead atoms. The molecule has 0 amide bonds. The van der Waals surface area contributed by atoms with Crippen molar-refractivity contribution in [1.29, 1.82) is 0 Å². The van der Waals surface area contributed by atoms with Gasteiger partial charge in [0.25, 0.3) is 0 Å². The first kappa shape index (κ1) is 11.3. The van der Waals surface area contributed by atoms with Crippen molar-refractivity contribution in [2.24, 2.45) is 0 Å². The number of aliphatic hydroxyl groups excluding tert-OH is 1. The highest BCUT2D eigenvalue weighted by atomic mass is 16.3. The molecule has 0 aliphatic heterocycles. The molecule has 0 radical (unpaired) electrons. The predicted molar refractivity (Wildman–Crippen MR) is 60.6 cm³/mol. The van der Waals surface area contributed by atoms with Gasteiger partial charge in [0, 0.05) is 0 Å². The van der Waals surface area contributed by atoms with Crippen LogP contribution in [-0.2, 0) is 0 Å². The first-order chi connectivity index (χ1) is 6.50. The lowest BCUT2D eigenvalue weighted by atomic mass is 9.93. The summed E-state index contributed by atoms with van der Waals surface area (Å²) in [5.41, 5.74) is 3.99. The summed E-state index contributed by atoms with van der Waals surface area (Å²) in [6, 6.07) is 6.54. The van der Waals surface area contributed by atoms with Crippen molar-refractivity contribution in [1.82, 2.24) is 0 Å². The van der Waals surface area contributed by atoms with Gasteiger partial charge in [-0.25, -0.2) is 0 Å². The Morgan fingerprint density at radius 1 is 1.14 bits per heavy atom. The molecule has 2 atom stereocenters. The summed E-state index contributed by atoms with van der Waals surface area (Å²) < 4.78 is 0. The standard InChI is InChI=1S/C13H20O/c1-9-5-6-13(8-10(9)2)11(3)7-12(4)14/h5-6,8,11-12,14H,7H2,1-4H3. The maximum atomic E-state index is 9.31. The Kier molecular flexibility index (Phi) is 3.70. The molecule has 1 N–H and O–H groups in total. The Morgan fingerprint density at radius 2 is 1.79 bits per heavy atom. The van der Waals surface area contributed by atoms with E-state index in [1.807, 2.05) is 6.92 Å². The zero-order valence-electron chi connectivity index (χ0n) is 9.54. The normalized spacial score (nSPS) is 15.2. The fourth-order valence-electron chi connectivity index (χ4n) is 1.72. The highest BCUT2D eigenvalue weighted by Gasteiger charge is 2.09. The van der Waals surface area contributed by atoms with Gasteiger partial charge in [-0.15, -0.1) is 0 Å². The molecule has 0 aliphatic rings. The van der Waals surface area contributed by atoms with Gasteiger partial charge in [-0.1, -0.05) is 25.1 Å². The number of aliphatic hydroxyl groups is 1. The summed E-state index contributed by atoms with van der Waals surface area (Å²) in [6.07, 6.45) is 0.620. The molecule has 78 valence electrons. The van der Waals surface area contributed by atoms with Gasteiger partial charge in [0.1, 0.15) is 0 Å². The van der Waals surface area contributed by atoms with Crippen LogP contribution in [0, 0.1) is 13.8 Å². The Balaban J connectivity index is 2.80. The molecule has 0 aromatic heterocycles. The molecule has 1 heteroatoms. The molecule has 0 aliphatic carbocycles. The zero-order valence-corrected chi connectivity index (χ0v) is 9.54. The number of hydrogen-bond donors (Lipinski definition) is 1. The van der Waals surface area contributed by atoms with Crippen LogP contribution in [0.5, 0.6) is 0 Å². The number of hydrogen-bond acceptors (Lipinski definition) is 1. The lowest BCUT2D eigenvalue weighted by Gasteiger charge is -2.15. The van der Waals surface area contributed by atoms with E-state index < -0.39 is 0 Å². The number of rotatable bonds is 3. The summed E-state index contributed by atoms with van der Waals surface area (Å²) in [5.74, 6) is 0.439. The van der Waals surface area contributed by atoms with Gasteiger partial charge in [0.15, 0.2) is 0 Å². The molecule has 1 aromatic rings. The second kappa shape index (κ2) is 4.61. The van der Waals surface area contributed by atoms with Gasteiger partial charge >= 0.3 is 0 Å². The minimum Gasteiger partial charge on any atom is -0.393 e. The predicted octanol–water partition coefficient (Wildman–Crippen LogP) is 3.18. The third-order valence-corrected chi connectivity index (χ3v) is 2.79. The van der Waals surface area contributed by atoms with Crippen LogP contribution in [-0.4, -0.2) is 11.2 Å². The van der Waals surface area contributed by atoms with Crippen molar-refractivity contribution in [3.63, 3.8) is 0 Å². The monoisotopic (exact) mass is 192 g/mol. The van der Waals surface area contributed by atoms with Crippen LogP contribution >= 0.6 is 0 Å². The lowest BCUT2D eigenvalue weighted by Crippen LogP contribution is -2.06. The maximum absolute atomic E-state index is 9.31. The molecule has 1 aromatic carbocycles. The van der Waals surface area contributed by atoms with Gasteiger partial charge in [0.2, 0.25) is 0 Å². The number of benzene rings is 1. The Morgan fingerprint density at radius 3 is 2.29 bits per heavy atom. The van der Waals surface area contributed by atoms with E-state index in [-0.39, 0.29) is 6.10 Å². The van der Waals surface area contributed by atoms with Crippen molar-refractivity contribution in [2.45, 2.75) is 46.1 Å². The van der Waals surface area contributed by atoms with Crippen molar-refractivity contribution >= 4 is 0 Å². The molecule has 0 saturated carbocycles. The van der Waals surface area contributed by atoms with Crippen LogP contribution in [0.25, 0.3) is 0 Å². The third-order valence-electron chi connectivity index (χ3n) is 2.79. The molecule has 1 rings (SSSR count). The van der Waals surface area contributed by atoms with Crippen molar-refractivity contribution < 1.29 is 5.11 Å². The molecular weight excluding hydrogens is 172 g/mol. The van der Waals surface area contributed by atoms with Crippen molar-refractivity contribution in [3.8, 4) is 0 Å². The fraction of sp³-hybridized carbons (Fsp3) is 0.538. The van der Waals surface area contributed by atoms with Crippen LogP contribution in [0.4, 0.5) is 0 Å². The molecule has 0 spiro atoms. The van der Waals surface area contributed by atoms with Crippen LogP contribution < -0.4 is 0 Å². The van der Waals surface area contributed by atoms with Crippen molar-refractivity contribution in [2.75, 3.05) is 0 Å². The van der Waals surface area contributed by atoms with E-state index in [1.54, 1.807) is 0 Å². The highest BCUT2D eigenvalue weighted by molar-refractivity contribution is 5.31. The second-order valence-corrected chi connectivity index (χ2v) is 4.33. The quantitative estimate of drug-likeness (QED) is 0.780. The smallest absolute Gasteiger partial charge is 0.0517 e. The minimum absolute atomic E-state index is 0.216. The van der Waals surface area contributed by atoms with Crippen molar-refractivity contribution in [3.05, 3.63) is 34.9 Å². The molecule has 2 unspecified atom stereocenters. The molecule has 1 nitrogen and oxygen atoms in total. The molecule has 14 heavy (non-hydrogen) atoms. The second-order valence-electron chi connectivity index (χ2n) is 4.33. The van der Waals surface area contributed by atoms with Gasteiger partial charge < -0.3 is 5.11 Å². The van der Waals surface area contributed by atoms with E-state index in [1.165, 1.54) is 16.7 Å². The van der Waals surface area contributed by atoms with E-state index in [4.69, 9.17) is 0 Å². The Hall–Kier alpha value is -0.820. The third kappa shape index (κ3) is 2.85. The van der Waals surface area contributed by atoms with Crippen LogP contribution in [0.15, 0.2) is 18.2 Å². The van der Waals surface area contributed by atoms with E-state index in [9.17, 15) is 5.11 Å². The minimum atomic E-state index is -0.216. The molecule has 0 saturated heterocycles. The lowest BCUT2D eigenvalue weighted by molar-refractivity contribution is 0.176. The molecule has 0 heterocycles. The summed E-state index contributed by atoms with van der Waals surface area (Å²) in [4.78, 5) is 0. The Bertz CT molecular complexity index is 302. The first-order valence-corrected chi connectivity index (χ1v) is 5.26. The summed E-state index contributed by atoms with van der Waals surface area (Å²) >= 11 is 0. The first-order valence-electron chi connectivity index (χ1n) is 5.26. The number of aryl methyl sites for hydroxylation is 2. The summed E-state index contributed by atoms with van der Waals surface area (Å²) in [5, 5.41) is 9.31. The zero-order chi connectivity index (χ0) is 10.7. The van der Waals surface area contributed by atoms with Crippen LogP contribution in [0.2, 0.25) is 0 Å². The van der Waals surface area contributed by atoms with Gasteiger partial charge in [-0.05, 0) is 49.8 Å². The summed E-state index contributed by atoms with van der Waals surface area (Å²) in [7, 11) is 0. The topological polar surface area (TPSA) is 20.2 Å². The van der Waals surface area contributed by atoms with Gasteiger partial charge in [-0.3, -0.25) is 0 Å². The van der Waals surface area contributed by atoms with Crippen LogP contribution in [0.3, 0.4) is 0 Å². The van der Waals surface area contributed by atoms with Crippen LogP contribution in [0.1, 0.15) is 42.9 Å². The molecule has 0 fully saturated rings. The average Bonchev–Trinajstić information content (AvgIpc) is 2.08. The van der Waals surface area contributed by atoms with E-state index in [2.05, 4.69) is 39.0 Å². The highest BCUT2D eigenvalue weighted by Crippen LogP contribution is 2.22. The largest absolute Gasteiger partial charge is 0.393 e. The SMILES string of the molecule is Cc1ccc(C(C)CC(C)O)cc1C. The van der Waals surface area contributed by atoms with Gasteiger partial charge in [-0.2, -0.15) is 0 Å². The fourth-order valence-corrected chi connectivity index (χ4v) is 1.72. The summed E-state index contributed by atoms with van der Waals surface area (Å²) in [6.45, 7) is 8.26. The Labute approximate surface area is 86.8 Å². The van der Waals surface area contributed by atoms with E-state index in [0.717, 1.165) is 6.42 Å². The van der Waals surface area contributed by atoms with E-state index in [0.29, 0.717) is 5.92 Å².